The summed E-state index contributed by atoms with van der Waals surface area (Å²) in [7, 11) is 0. The number of nitrogens with zero attached hydrogens (tertiary/aromatic N) is 2. The first-order chi connectivity index (χ1) is 15.1. The highest BCUT2D eigenvalue weighted by atomic mass is 16.5. The first-order valence-corrected chi connectivity index (χ1v) is 11.6. The summed E-state index contributed by atoms with van der Waals surface area (Å²) >= 11 is 0. The zero-order chi connectivity index (χ0) is 21.6. The second kappa shape index (κ2) is 9.99. The maximum atomic E-state index is 12.9. The Morgan fingerprint density at radius 1 is 1.00 bits per heavy atom. The SMILES string of the molecule is CCOc1ccc(CCC2CCN(C(=O)c3ccc(N4CCCC4=O)cc3)CC2)cc1. The number of aryl methyl sites for hydroxylation is 1. The molecule has 0 unspecified atom stereocenters. The molecule has 164 valence electrons. The van der Waals surface area contributed by atoms with E-state index >= 15 is 0 Å². The maximum absolute atomic E-state index is 12.9. The zero-order valence-electron chi connectivity index (χ0n) is 18.4. The monoisotopic (exact) mass is 420 g/mol. The quantitative estimate of drug-likeness (QED) is 0.653. The van der Waals surface area contributed by atoms with E-state index in [0.717, 1.165) is 63.2 Å². The second-order valence-electron chi connectivity index (χ2n) is 8.55. The Kier molecular flexibility index (Phi) is 6.90. The van der Waals surface area contributed by atoms with Gasteiger partial charge in [-0.05, 0) is 86.9 Å². The number of carbonyl (C=O) groups excluding carboxylic acids is 2. The molecule has 2 fully saturated rings. The highest BCUT2D eigenvalue weighted by molar-refractivity contribution is 5.97. The molecule has 5 nitrogen and oxygen atoms in total. The van der Waals surface area contributed by atoms with Gasteiger partial charge in [0.05, 0.1) is 6.61 Å². The van der Waals surface area contributed by atoms with Crippen LogP contribution in [-0.4, -0.2) is 43.0 Å². The first kappa shape index (κ1) is 21.4. The van der Waals surface area contributed by atoms with Crippen LogP contribution in [0.25, 0.3) is 0 Å². The Labute approximate surface area is 185 Å². The van der Waals surface area contributed by atoms with E-state index in [2.05, 4.69) is 12.1 Å². The topological polar surface area (TPSA) is 49.9 Å². The minimum Gasteiger partial charge on any atom is -0.494 e. The van der Waals surface area contributed by atoms with Gasteiger partial charge in [-0.25, -0.2) is 0 Å². The predicted molar refractivity (Wildman–Crippen MR) is 123 cm³/mol. The van der Waals surface area contributed by atoms with Crippen LogP contribution < -0.4 is 9.64 Å². The van der Waals surface area contributed by atoms with Crippen molar-refractivity contribution in [3.63, 3.8) is 0 Å². The number of carbonyl (C=O) groups is 2. The summed E-state index contributed by atoms with van der Waals surface area (Å²) in [4.78, 5) is 28.6. The largest absolute Gasteiger partial charge is 0.494 e. The van der Waals surface area contributed by atoms with Crippen LogP contribution in [0.2, 0.25) is 0 Å². The average Bonchev–Trinajstić information content (AvgIpc) is 3.25. The molecule has 2 heterocycles. The third-order valence-corrected chi connectivity index (χ3v) is 6.48. The van der Waals surface area contributed by atoms with Crippen molar-refractivity contribution in [3.8, 4) is 5.75 Å². The van der Waals surface area contributed by atoms with E-state index < -0.39 is 0 Å². The van der Waals surface area contributed by atoms with Crippen LogP contribution in [0.1, 0.15) is 54.9 Å². The average molecular weight is 421 g/mol. The molecule has 0 radical (unpaired) electrons. The number of piperidine rings is 1. The highest BCUT2D eigenvalue weighted by Crippen LogP contribution is 2.26. The van der Waals surface area contributed by atoms with Gasteiger partial charge in [0.2, 0.25) is 5.91 Å². The molecule has 31 heavy (non-hydrogen) atoms. The van der Waals surface area contributed by atoms with Gasteiger partial charge in [0, 0.05) is 37.3 Å². The smallest absolute Gasteiger partial charge is 0.253 e. The van der Waals surface area contributed by atoms with Gasteiger partial charge in [-0.15, -0.1) is 0 Å². The van der Waals surface area contributed by atoms with E-state index in [4.69, 9.17) is 4.74 Å². The molecule has 5 heteroatoms. The minimum atomic E-state index is 0.101. The molecular weight excluding hydrogens is 388 g/mol. The molecule has 0 aromatic heterocycles. The van der Waals surface area contributed by atoms with E-state index in [-0.39, 0.29) is 11.8 Å². The predicted octanol–water partition coefficient (Wildman–Crippen LogP) is 4.70. The number of amides is 2. The Bertz CT molecular complexity index is 884. The third-order valence-electron chi connectivity index (χ3n) is 6.48. The molecule has 2 saturated heterocycles. The standard InChI is InChI=1S/C26H32N2O3/c1-2-31-24-13-7-20(8-14-24)5-6-21-15-18-27(19-16-21)26(30)22-9-11-23(12-10-22)28-17-3-4-25(28)29/h7-14,21H,2-6,15-19H2,1H3. The molecule has 0 aliphatic carbocycles. The van der Waals surface area contributed by atoms with Gasteiger partial charge in [0.1, 0.15) is 5.75 Å². The lowest BCUT2D eigenvalue weighted by Crippen LogP contribution is -2.38. The summed E-state index contributed by atoms with van der Waals surface area (Å²) in [6, 6.07) is 15.9. The number of hydrogen-bond acceptors (Lipinski definition) is 3. The maximum Gasteiger partial charge on any atom is 0.253 e. The molecule has 2 aliphatic rings. The summed E-state index contributed by atoms with van der Waals surface area (Å²) in [5.41, 5.74) is 2.95. The number of ether oxygens (including phenoxy) is 1. The highest BCUT2D eigenvalue weighted by Gasteiger charge is 2.25. The van der Waals surface area contributed by atoms with E-state index in [0.29, 0.717) is 24.5 Å². The van der Waals surface area contributed by atoms with Crippen molar-refractivity contribution in [2.45, 2.75) is 45.4 Å². The molecule has 2 aromatic carbocycles. The van der Waals surface area contributed by atoms with Gasteiger partial charge in [0.15, 0.2) is 0 Å². The van der Waals surface area contributed by atoms with Crippen molar-refractivity contribution in [1.29, 1.82) is 0 Å². The fourth-order valence-electron chi connectivity index (χ4n) is 4.60. The van der Waals surface area contributed by atoms with Crippen molar-refractivity contribution in [3.05, 3.63) is 59.7 Å². The Hall–Kier alpha value is -2.82. The van der Waals surface area contributed by atoms with Gasteiger partial charge in [0.25, 0.3) is 5.91 Å². The lowest BCUT2D eigenvalue weighted by molar-refractivity contribution is -0.117. The molecule has 0 N–H and O–H groups in total. The molecule has 0 bridgehead atoms. The molecule has 0 saturated carbocycles. The summed E-state index contributed by atoms with van der Waals surface area (Å²) < 4.78 is 5.51. The van der Waals surface area contributed by atoms with Crippen molar-refractivity contribution >= 4 is 17.5 Å². The molecular formula is C26H32N2O3. The Morgan fingerprint density at radius 2 is 1.71 bits per heavy atom. The Balaban J connectivity index is 1.24. The zero-order valence-corrected chi connectivity index (χ0v) is 18.4. The normalized spacial score (nSPS) is 17.3. The lowest BCUT2D eigenvalue weighted by atomic mass is 9.90. The number of rotatable bonds is 7. The number of likely N-dealkylation sites (tertiary alicyclic amines) is 1. The number of hydrogen-bond donors (Lipinski definition) is 0. The van der Waals surface area contributed by atoms with Gasteiger partial charge in [-0.1, -0.05) is 12.1 Å². The summed E-state index contributed by atoms with van der Waals surface area (Å²) in [6.07, 6.45) is 5.88. The Morgan fingerprint density at radius 3 is 2.32 bits per heavy atom. The van der Waals surface area contributed by atoms with Gasteiger partial charge < -0.3 is 14.5 Å². The first-order valence-electron chi connectivity index (χ1n) is 11.6. The van der Waals surface area contributed by atoms with Crippen LogP contribution in [0.5, 0.6) is 5.75 Å². The molecule has 0 spiro atoms. The van der Waals surface area contributed by atoms with E-state index in [9.17, 15) is 9.59 Å². The van der Waals surface area contributed by atoms with Crippen molar-refractivity contribution in [2.24, 2.45) is 5.92 Å². The summed E-state index contributed by atoms with van der Waals surface area (Å²) in [5, 5.41) is 0. The van der Waals surface area contributed by atoms with E-state index in [1.165, 1.54) is 5.56 Å². The van der Waals surface area contributed by atoms with Crippen LogP contribution in [0.15, 0.2) is 48.5 Å². The molecule has 4 rings (SSSR count). The van der Waals surface area contributed by atoms with Crippen molar-refractivity contribution in [1.82, 2.24) is 4.90 Å². The van der Waals surface area contributed by atoms with Gasteiger partial charge in [-0.3, -0.25) is 9.59 Å². The van der Waals surface area contributed by atoms with Gasteiger partial charge >= 0.3 is 0 Å². The van der Waals surface area contributed by atoms with Crippen LogP contribution in [0.3, 0.4) is 0 Å². The number of benzene rings is 2. The second-order valence-corrected chi connectivity index (χ2v) is 8.55. The number of anilines is 1. The third kappa shape index (κ3) is 5.27. The van der Waals surface area contributed by atoms with Crippen LogP contribution in [0, 0.1) is 5.92 Å². The lowest BCUT2D eigenvalue weighted by Gasteiger charge is -2.32. The molecule has 2 aromatic rings. The van der Waals surface area contributed by atoms with Crippen LogP contribution >= 0.6 is 0 Å². The fourth-order valence-corrected chi connectivity index (χ4v) is 4.60. The molecule has 0 atom stereocenters. The van der Waals surface area contributed by atoms with E-state index in [1.807, 2.05) is 53.1 Å². The van der Waals surface area contributed by atoms with Crippen molar-refractivity contribution in [2.75, 3.05) is 31.1 Å². The van der Waals surface area contributed by atoms with E-state index in [1.54, 1.807) is 0 Å². The summed E-state index contributed by atoms with van der Waals surface area (Å²) in [5.74, 6) is 1.87. The minimum absolute atomic E-state index is 0.101. The van der Waals surface area contributed by atoms with Crippen molar-refractivity contribution < 1.29 is 14.3 Å². The van der Waals surface area contributed by atoms with Crippen LogP contribution in [-0.2, 0) is 11.2 Å². The molecule has 2 amide bonds. The van der Waals surface area contributed by atoms with Gasteiger partial charge in [-0.2, -0.15) is 0 Å². The van der Waals surface area contributed by atoms with Crippen LogP contribution in [0.4, 0.5) is 5.69 Å². The summed E-state index contributed by atoms with van der Waals surface area (Å²) in [6.45, 7) is 5.10. The fraction of sp³-hybridized carbons (Fsp3) is 0.462. The molecule has 2 aliphatic heterocycles.